The lowest BCUT2D eigenvalue weighted by atomic mass is 9.99. The Hall–Kier alpha value is -5.72. The van der Waals surface area contributed by atoms with E-state index in [0.29, 0.717) is 29.4 Å². The highest BCUT2D eigenvalue weighted by Gasteiger charge is 2.35. The van der Waals surface area contributed by atoms with Gasteiger partial charge >= 0.3 is 0 Å². The third kappa shape index (κ3) is 9.33. The van der Waals surface area contributed by atoms with Crippen molar-refractivity contribution in [3.8, 4) is 11.5 Å². The van der Waals surface area contributed by atoms with Crippen molar-refractivity contribution in [3.05, 3.63) is 183 Å². The molecule has 10 heteroatoms. The number of nitrogens with one attached hydrogen (secondary N) is 1. The summed E-state index contributed by atoms with van der Waals surface area (Å²) in [5, 5.41) is 5.42. The van der Waals surface area contributed by atoms with Crippen molar-refractivity contribution < 1.29 is 23.9 Å². The molecule has 276 valence electrons. The summed E-state index contributed by atoms with van der Waals surface area (Å²) >= 11 is 3.17. The van der Waals surface area contributed by atoms with Gasteiger partial charge in [-0.25, -0.2) is 0 Å². The molecule has 5 aromatic carbocycles. The third-order valence-electron chi connectivity index (χ3n) is 8.73. The van der Waals surface area contributed by atoms with Crippen molar-refractivity contribution >= 4 is 74.1 Å². The van der Waals surface area contributed by atoms with Gasteiger partial charge in [0.05, 0.1) is 22.5 Å². The zero-order valence-electron chi connectivity index (χ0n) is 30.3. The third-order valence-corrected chi connectivity index (χ3v) is 10.5. The first kappa shape index (κ1) is 39.0. The lowest BCUT2D eigenvalue weighted by molar-refractivity contribution is -0.126. The van der Waals surface area contributed by atoms with Gasteiger partial charge in [-0.3, -0.25) is 19.3 Å². The fourth-order valence-corrected chi connectivity index (χ4v) is 7.68. The molecule has 1 heterocycles. The van der Waals surface area contributed by atoms with Gasteiger partial charge in [0.2, 0.25) is 5.91 Å². The average Bonchev–Trinajstić information content (AvgIpc) is 3.21. The number of nitrogens with zero attached hydrogens (tertiary/aromatic N) is 2. The quantitative estimate of drug-likeness (QED) is 0.0549. The minimum atomic E-state index is -0.719. The van der Waals surface area contributed by atoms with Gasteiger partial charge in [0, 0.05) is 5.70 Å². The summed E-state index contributed by atoms with van der Waals surface area (Å²) in [4.78, 5) is 47.1. The summed E-state index contributed by atoms with van der Waals surface area (Å²) < 4.78 is 12.8. The maximum Gasteiger partial charge on any atom is 0.285 e. The number of carbonyl (C=O) groups excluding carboxylic acids is 3. The monoisotopic (exact) mass is 859 g/mol. The minimum Gasteiger partial charge on any atom is -0.493 e. The first-order valence-electron chi connectivity index (χ1n) is 17.4. The molecule has 0 bridgehead atoms. The molecule has 0 radical (unpaired) electrons. The zero-order chi connectivity index (χ0) is 38.7. The van der Waals surface area contributed by atoms with Gasteiger partial charge in [0.25, 0.3) is 11.8 Å². The zero-order valence-corrected chi connectivity index (χ0v) is 33.3. The number of carbonyl (C=O) groups is 3. The normalized spacial score (nSPS) is 14.1. The number of amides is 3. The van der Waals surface area contributed by atoms with Crippen LogP contribution in [0.2, 0.25) is 0 Å². The number of benzene rings is 5. The fraction of sp³-hybridized carbons (Fsp3) is 0.111. The standard InChI is InChI=1S/C45H38IN3O5S/c1-4-6-23-35(5-2)49-44(52)37(25-30-26-38(46)42(39(27-30)53-3)54-28-34-22-15-21-31-16-13-14-24-36(31)34)43(51)48-45(49)55-29-40(50)47-41(32-17-9-7-10-18-32)33-19-11-8-12-20-33/h4-27,41H,1,28-29H2,2-3H3,(H,47,50)/b23-6-,35-5+,37-25+. The first-order chi connectivity index (χ1) is 26.8. The predicted octanol–water partition coefficient (Wildman–Crippen LogP) is 9.43. The van der Waals surface area contributed by atoms with Crippen LogP contribution in [0.15, 0.2) is 162 Å². The molecule has 1 aliphatic rings. The smallest absolute Gasteiger partial charge is 0.285 e. The summed E-state index contributed by atoms with van der Waals surface area (Å²) in [5.74, 6) is -0.693. The second-order valence-corrected chi connectivity index (χ2v) is 14.4. The molecule has 0 atom stereocenters. The number of halogens is 1. The molecule has 0 spiro atoms. The number of hydrogen-bond donors (Lipinski definition) is 1. The number of thioether (sulfide) groups is 1. The van der Waals surface area contributed by atoms with E-state index >= 15 is 0 Å². The molecule has 5 aromatic rings. The highest BCUT2D eigenvalue weighted by molar-refractivity contribution is 14.1. The van der Waals surface area contributed by atoms with E-state index in [1.54, 1.807) is 44.4 Å². The minimum absolute atomic E-state index is 0.0874. The Morgan fingerprint density at radius 2 is 1.62 bits per heavy atom. The molecular weight excluding hydrogens is 821 g/mol. The van der Waals surface area contributed by atoms with E-state index in [2.05, 4.69) is 57.7 Å². The molecular formula is C45H38IN3O5S. The van der Waals surface area contributed by atoms with Gasteiger partial charge in [-0.05, 0) is 86.8 Å². The summed E-state index contributed by atoms with van der Waals surface area (Å²) in [5.41, 5.74) is 3.75. The molecule has 0 saturated carbocycles. The van der Waals surface area contributed by atoms with Crippen LogP contribution >= 0.6 is 34.4 Å². The Morgan fingerprint density at radius 3 is 2.29 bits per heavy atom. The van der Waals surface area contributed by atoms with Crippen molar-refractivity contribution in [1.82, 2.24) is 10.2 Å². The summed E-state index contributed by atoms with van der Waals surface area (Å²) in [6.07, 6.45) is 8.21. The Morgan fingerprint density at radius 1 is 0.945 bits per heavy atom. The number of fused-ring (bicyclic) bond motifs is 1. The van der Waals surface area contributed by atoms with E-state index < -0.39 is 17.9 Å². The van der Waals surface area contributed by atoms with Crippen LogP contribution in [-0.4, -0.2) is 40.7 Å². The van der Waals surface area contributed by atoms with E-state index in [0.717, 1.165) is 42.8 Å². The van der Waals surface area contributed by atoms with Crippen molar-refractivity contribution in [2.24, 2.45) is 4.99 Å². The molecule has 55 heavy (non-hydrogen) atoms. The first-order valence-corrected chi connectivity index (χ1v) is 19.5. The molecule has 1 N–H and O–H groups in total. The van der Waals surface area contributed by atoms with E-state index in [-0.39, 0.29) is 22.4 Å². The molecule has 8 nitrogen and oxygen atoms in total. The Labute approximate surface area is 338 Å². The molecule has 0 aromatic heterocycles. The van der Waals surface area contributed by atoms with Crippen LogP contribution in [0.3, 0.4) is 0 Å². The van der Waals surface area contributed by atoms with E-state index in [9.17, 15) is 14.4 Å². The van der Waals surface area contributed by atoms with Crippen molar-refractivity contribution in [2.45, 2.75) is 19.6 Å². The summed E-state index contributed by atoms with van der Waals surface area (Å²) in [6, 6.07) is 36.7. The number of rotatable bonds is 13. The second kappa shape index (κ2) is 18.5. The summed E-state index contributed by atoms with van der Waals surface area (Å²) in [7, 11) is 1.54. The van der Waals surface area contributed by atoms with E-state index in [1.807, 2.05) is 91.0 Å². The van der Waals surface area contributed by atoms with E-state index in [4.69, 9.17) is 9.47 Å². The molecule has 0 unspecified atom stereocenters. The number of amidine groups is 1. The van der Waals surface area contributed by atoms with E-state index in [1.165, 1.54) is 11.0 Å². The largest absolute Gasteiger partial charge is 0.493 e. The van der Waals surface area contributed by atoms with Crippen LogP contribution in [-0.2, 0) is 21.0 Å². The number of allylic oxidation sites excluding steroid dienone is 4. The van der Waals surface area contributed by atoms with Crippen LogP contribution in [0.1, 0.15) is 35.2 Å². The maximum absolute atomic E-state index is 14.3. The Balaban J connectivity index is 1.26. The highest BCUT2D eigenvalue weighted by atomic mass is 127. The topological polar surface area (TPSA) is 97.3 Å². The van der Waals surface area contributed by atoms with Gasteiger partial charge in [0.1, 0.15) is 12.2 Å². The number of aliphatic imine (C=N–C) groups is 1. The maximum atomic E-state index is 14.3. The van der Waals surface area contributed by atoms with Crippen molar-refractivity contribution in [1.29, 1.82) is 0 Å². The second-order valence-electron chi connectivity index (χ2n) is 12.3. The van der Waals surface area contributed by atoms with Crippen LogP contribution in [0.25, 0.3) is 16.8 Å². The van der Waals surface area contributed by atoms with Crippen molar-refractivity contribution in [2.75, 3.05) is 12.9 Å². The number of methoxy groups -OCH3 is 1. The molecule has 3 amide bonds. The fourth-order valence-electron chi connectivity index (χ4n) is 6.09. The Bertz CT molecular complexity index is 2310. The lowest BCUT2D eigenvalue weighted by Gasteiger charge is -2.28. The number of hydrogen-bond acceptors (Lipinski definition) is 6. The Kier molecular flexibility index (Phi) is 13.1. The van der Waals surface area contributed by atoms with Gasteiger partial charge < -0.3 is 14.8 Å². The van der Waals surface area contributed by atoms with Gasteiger partial charge in [-0.15, -0.1) is 0 Å². The molecule has 0 saturated heterocycles. The SMILES string of the molecule is C=C/C=C\C(=C/C)N1C(=O)/C(=C/c2cc(I)c(OCc3cccc4ccccc34)c(OC)c2)C(=O)N=C1SCC(=O)NC(c1ccccc1)c1ccccc1. The highest BCUT2D eigenvalue weighted by Crippen LogP contribution is 2.36. The van der Waals surface area contributed by atoms with Crippen LogP contribution in [0, 0.1) is 3.57 Å². The lowest BCUT2D eigenvalue weighted by Crippen LogP contribution is -2.42. The van der Waals surface area contributed by atoms with Crippen LogP contribution in [0.4, 0.5) is 0 Å². The van der Waals surface area contributed by atoms with Gasteiger partial charge in [-0.2, -0.15) is 4.99 Å². The van der Waals surface area contributed by atoms with Gasteiger partial charge in [0.15, 0.2) is 16.7 Å². The predicted molar refractivity (Wildman–Crippen MR) is 230 cm³/mol. The molecule has 6 rings (SSSR count). The molecule has 0 aliphatic carbocycles. The van der Waals surface area contributed by atoms with Gasteiger partial charge in [-0.1, -0.05) is 140 Å². The van der Waals surface area contributed by atoms with Crippen LogP contribution < -0.4 is 14.8 Å². The number of ether oxygens (including phenoxy) is 2. The van der Waals surface area contributed by atoms with Crippen LogP contribution in [0.5, 0.6) is 11.5 Å². The average molecular weight is 860 g/mol. The molecule has 0 fully saturated rings. The summed E-state index contributed by atoms with van der Waals surface area (Å²) in [6.45, 7) is 5.84. The van der Waals surface area contributed by atoms with Crippen molar-refractivity contribution in [3.63, 3.8) is 0 Å². The molecule has 1 aliphatic heterocycles.